The minimum atomic E-state index is -1.02. The molecule has 1 aromatic carbocycles. The van der Waals surface area contributed by atoms with Gasteiger partial charge in [-0.15, -0.1) is 0 Å². The van der Waals surface area contributed by atoms with Crippen LogP contribution in [0.5, 0.6) is 0 Å². The number of aliphatic carboxylic acids is 1. The molecule has 0 radical (unpaired) electrons. The quantitative estimate of drug-likeness (QED) is 0.809. The summed E-state index contributed by atoms with van der Waals surface area (Å²) in [5, 5.41) is 15.2. The molecule has 1 heterocycles. The minimum Gasteiger partial charge on any atom is -0.478 e. The first-order valence-electron chi connectivity index (χ1n) is 5.92. The Kier molecular flexibility index (Phi) is 4.28. The van der Waals surface area contributed by atoms with Crippen LogP contribution in [0.3, 0.4) is 0 Å². The molecule has 0 aliphatic rings. The van der Waals surface area contributed by atoms with E-state index in [1.807, 2.05) is 0 Å². The lowest BCUT2D eigenvalue weighted by Crippen LogP contribution is -2.18. The monoisotopic (exact) mass is 271 g/mol. The standard InChI is InChI=1S/C14H13N3O3/c18-13(10-17-8-2-7-15-17)16-12-4-1-3-11(9-12)5-6-14(19)20/h1-9H,10H2,(H,16,18)(H,19,20)/b6-5+. The van der Waals surface area contributed by atoms with Crippen LogP contribution < -0.4 is 5.32 Å². The van der Waals surface area contributed by atoms with Gasteiger partial charge < -0.3 is 10.4 Å². The molecule has 0 fully saturated rings. The third-order valence-corrected chi connectivity index (χ3v) is 2.45. The average Bonchev–Trinajstić information content (AvgIpc) is 2.89. The largest absolute Gasteiger partial charge is 0.478 e. The van der Waals surface area contributed by atoms with Gasteiger partial charge in [0, 0.05) is 24.2 Å². The van der Waals surface area contributed by atoms with Crippen LogP contribution in [0.15, 0.2) is 48.8 Å². The van der Waals surface area contributed by atoms with Gasteiger partial charge in [0.25, 0.3) is 0 Å². The topological polar surface area (TPSA) is 84.2 Å². The third-order valence-electron chi connectivity index (χ3n) is 2.45. The summed E-state index contributed by atoms with van der Waals surface area (Å²) in [6.45, 7) is 0.127. The van der Waals surface area contributed by atoms with Crippen LogP contribution in [0.2, 0.25) is 0 Å². The number of nitrogens with zero attached hydrogens (tertiary/aromatic N) is 2. The zero-order valence-corrected chi connectivity index (χ0v) is 10.6. The first-order valence-corrected chi connectivity index (χ1v) is 5.92. The smallest absolute Gasteiger partial charge is 0.328 e. The lowest BCUT2D eigenvalue weighted by atomic mass is 10.2. The van der Waals surface area contributed by atoms with Crippen LogP contribution in [-0.2, 0) is 16.1 Å². The van der Waals surface area contributed by atoms with Gasteiger partial charge in [0.1, 0.15) is 6.54 Å². The molecular weight excluding hydrogens is 258 g/mol. The number of carboxylic acid groups (broad SMARTS) is 1. The molecule has 0 unspecified atom stereocenters. The number of hydrogen-bond acceptors (Lipinski definition) is 3. The number of hydrogen-bond donors (Lipinski definition) is 2. The van der Waals surface area contributed by atoms with E-state index in [0.29, 0.717) is 11.3 Å². The second kappa shape index (κ2) is 6.33. The third kappa shape index (κ3) is 4.09. The molecule has 0 bridgehead atoms. The first-order chi connectivity index (χ1) is 9.63. The molecule has 2 N–H and O–H groups in total. The van der Waals surface area contributed by atoms with Crippen molar-refractivity contribution in [2.75, 3.05) is 5.32 Å². The molecule has 0 aliphatic carbocycles. The Morgan fingerprint density at radius 1 is 1.35 bits per heavy atom. The van der Waals surface area contributed by atoms with Crippen LogP contribution >= 0.6 is 0 Å². The van der Waals surface area contributed by atoms with Crippen molar-refractivity contribution in [2.24, 2.45) is 0 Å². The normalized spacial score (nSPS) is 10.6. The summed E-state index contributed by atoms with van der Waals surface area (Å²) in [6.07, 6.45) is 5.81. The van der Waals surface area contributed by atoms with E-state index in [1.165, 1.54) is 10.8 Å². The highest BCUT2D eigenvalue weighted by Crippen LogP contribution is 2.12. The summed E-state index contributed by atoms with van der Waals surface area (Å²) < 4.78 is 1.52. The molecule has 0 saturated carbocycles. The second-order valence-electron chi connectivity index (χ2n) is 4.05. The van der Waals surface area contributed by atoms with Gasteiger partial charge in [-0.3, -0.25) is 9.48 Å². The lowest BCUT2D eigenvalue weighted by molar-refractivity contribution is -0.131. The van der Waals surface area contributed by atoms with Gasteiger partial charge in [0.05, 0.1) is 0 Å². The van der Waals surface area contributed by atoms with Crippen LogP contribution in [-0.4, -0.2) is 26.8 Å². The Labute approximate surface area is 115 Å². The summed E-state index contributed by atoms with van der Waals surface area (Å²) in [5.74, 6) is -1.22. The maximum atomic E-state index is 11.8. The first kappa shape index (κ1) is 13.5. The Bertz CT molecular complexity index is 633. The Hall–Kier alpha value is -2.89. The maximum Gasteiger partial charge on any atom is 0.328 e. The number of carbonyl (C=O) groups excluding carboxylic acids is 1. The van der Waals surface area contributed by atoms with E-state index in [9.17, 15) is 9.59 Å². The predicted octanol–water partition coefficient (Wildman–Crippen LogP) is 1.62. The molecule has 0 atom stereocenters. The second-order valence-corrected chi connectivity index (χ2v) is 4.05. The van der Waals surface area contributed by atoms with E-state index in [2.05, 4.69) is 10.4 Å². The molecule has 20 heavy (non-hydrogen) atoms. The number of nitrogens with one attached hydrogen (secondary N) is 1. The summed E-state index contributed by atoms with van der Waals surface area (Å²) in [5.41, 5.74) is 1.30. The molecule has 0 saturated heterocycles. The average molecular weight is 271 g/mol. The van der Waals surface area contributed by atoms with Crippen molar-refractivity contribution in [1.29, 1.82) is 0 Å². The number of anilines is 1. The van der Waals surface area contributed by atoms with Crippen LogP contribution in [0.1, 0.15) is 5.56 Å². The molecular formula is C14H13N3O3. The Morgan fingerprint density at radius 2 is 2.20 bits per heavy atom. The summed E-state index contributed by atoms with van der Waals surface area (Å²) in [4.78, 5) is 22.2. The highest BCUT2D eigenvalue weighted by atomic mass is 16.4. The van der Waals surface area contributed by atoms with Crippen molar-refractivity contribution in [3.8, 4) is 0 Å². The Morgan fingerprint density at radius 3 is 2.90 bits per heavy atom. The van der Waals surface area contributed by atoms with Gasteiger partial charge in [-0.2, -0.15) is 5.10 Å². The van der Waals surface area contributed by atoms with Crippen molar-refractivity contribution in [3.05, 3.63) is 54.4 Å². The molecule has 6 nitrogen and oxygen atoms in total. The number of rotatable bonds is 5. The van der Waals surface area contributed by atoms with Crippen LogP contribution in [0, 0.1) is 0 Å². The molecule has 102 valence electrons. The molecule has 1 amide bonds. The number of amides is 1. The van der Waals surface area contributed by atoms with Gasteiger partial charge in [-0.25, -0.2) is 4.79 Å². The molecule has 0 aliphatic heterocycles. The molecule has 6 heteroatoms. The van der Waals surface area contributed by atoms with Crippen molar-refractivity contribution in [3.63, 3.8) is 0 Å². The van der Waals surface area contributed by atoms with E-state index >= 15 is 0 Å². The maximum absolute atomic E-state index is 11.8. The van der Waals surface area contributed by atoms with Crippen molar-refractivity contribution >= 4 is 23.6 Å². The van der Waals surface area contributed by atoms with Gasteiger partial charge in [0.2, 0.25) is 5.91 Å². The molecule has 0 spiro atoms. The van der Waals surface area contributed by atoms with Gasteiger partial charge in [-0.05, 0) is 29.8 Å². The van der Waals surface area contributed by atoms with Gasteiger partial charge >= 0.3 is 5.97 Å². The van der Waals surface area contributed by atoms with E-state index in [-0.39, 0.29) is 12.5 Å². The molecule has 1 aromatic heterocycles. The fourth-order valence-corrected chi connectivity index (χ4v) is 1.63. The van der Waals surface area contributed by atoms with Crippen LogP contribution in [0.25, 0.3) is 6.08 Å². The number of aromatic nitrogens is 2. The fourth-order valence-electron chi connectivity index (χ4n) is 1.63. The van der Waals surface area contributed by atoms with Gasteiger partial charge in [0.15, 0.2) is 0 Å². The van der Waals surface area contributed by atoms with E-state index in [4.69, 9.17) is 5.11 Å². The number of carboxylic acids is 1. The summed E-state index contributed by atoms with van der Waals surface area (Å²) >= 11 is 0. The van der Waals surface area contributed by atoms with Crippen molar-refractivity contribution < 1.29 is 14.7 Å². The lowest BCUT2D eigenvalue weighted by Gasteiger charge is -2.06. The Balaban J connectivity index is 2.00. The van der Waals surface area contributed by atoms with Gasteiger partial charge in [-0.1, -0.05) is 12.1 Å². The van der Waals surface area contributed by atoms with E-state index < -0.39 is 5.97 Å². The van der Waals surface area contributed by atoms with Crippen molar-refractivity contribution in [1.82, 2.24) is 9.78 Å². The highest BCUT2D eigenvalue weighted by Gasteiger charge is 2.03. The number of carbonyl (C=O) groups is 2. The van der Waals surface area contributed by atoms with E-state index in [0.717, 1.165) is 6.08 Å². The van der Waals surface area contributed by atoms with Crippen LogP contribution in [0.4, 0.5) is 5.69 Å². The SMILES string of the molecule is O=C(O)/C=C/c1cccc(NC(=O)Cn2cccn2)c1. The number of benzene rings is 1. The predicted molar refractivity (Wildman–Crippen MR) is 74.0 cm³/mol. The fraction of sp³-hybridized carbons (Fsp3) is 0.0714. The summed E-state index contributed by atoms with van der Waals surface area (Å²) in [6, 6.07) is 8.66. The zero-order valence-electron chi connectivity index (χ0n) is 10.6. The minimum absolute atomic E-state index is 0.127. The van der Waals surface area contributed by atoms with Crippen molar-refractivity contribution in [2.45, 2.75) is 6.54 Å². The zero-order chi connectivity index (χ0) is 14.4. The molecule has 2 aromatic rings. The summed E-state index contributed by atoms with van der Waals surface area (Å²) in [7, 11) is 0. The van der Waals surface area contributed by atoms with E-state index in [1.54, 1.807) is 42.7 Å². The highest BCUT2D eigenvalue weighted by molar-refractivity contribution is 5.91. The molecule has 2 rings (SSSR count).